The van der Waals surface area contributed by atoms with E-state index >= 15 is 0 Å². The summed E-state index contributed by atoms with van der Waals surface area (Å²) < 4.78 is 2.31. The Bertz CT molecular complexity index is 289. The van der Waals surface area contributed by atoms with Gasteiger partial charge in [-0.1, -0.05) is 13.3 Å². The monoisotopic (exact) mass is 207 g/mol. The van der Waals surface area contributed by atoms with E-state index in [0.29, 0.717) is 0 Å². The van der Waals surface area contributed by atoms with Gasteiger partial charge in [-0.3, -0.25) is 0 Å². The van der Waals surface area contributed by atoms with Crippen molar-refractivity contribution in [2.24, 2.45) is 5.92 Å². The zero-order valence-electron chi connectivity index (χ0n) is 9.58. The molecule has 1 aromatic rings. The van der Waals surface area contributed by atoms with Crippen LogP contribution >= 0.6 is 0 Å². The molecule has 1 fully saturated rings. The first-order valence-electron chi connectivity index (χ1n) is 6.10. The lowest BCUT2D eigenvalue weighted by atomic mass is 9.85. The number of rotatable bonds is 6. The van der Waals surface area contributed by atoms with Crippen molar-refractivity contribution < 1.29 is 0 Å². The topological polar surface area (TPSA) is 29.9 Å². The fourth-order valence-corrected chi connectivity index (χ4v) is 2.01. The minimum atomic E-state index is 0.907. The van der Waals surface area contributed by atoms with Crippen molar-refractivity contribution >= 4 is 0 Å². The third-order valence-corrected chi connectivity index (χ3v) is 3.21. The van der Waals surface area contributed by atoms with Gasteiger partial charge in [-0.15, -0.1) is 0 Å². The third-order valence-electron chi connectivity index (χ3n) is 3.21. The molecule has 0 aromatic carbocycles. The minimum absolute atomic E-state index is 0.907. The molecular weight excluding hydrogens is 186 g/mol. The van der Waals surface area contributed by atoms with Crippen molar-refractivity contribution in [1.82, 2.24) is 14.9 Å². The standard InChI is InChI=1S/C12H21N3/c1-2-6-13-7-12-8-14-10-15(12)9-11-4-3-5-11/h8,10-11,13H,2-7,9H2,1H3. The van der Waals surface area contributed by atoms with Gasteiger partial charge in [0.1, 0.15) is 0 Å². The molecule has 15 heavy (non-hydrogen) atoms. The first-order chi connectivity index (χ1) is 7.40. The average Bonchev–Trinajstić information content (AvgIpc) is 2.60. The molecule has 0 aliphatic heterocycles. The molecule has 1 aliphatic carbocycles. The van der Waals surface area contributed by atoms with Gasteiger partial charge in [0.25, 0.3) is 0 Å². The maximum atomic E-state index is 4.24. The summed E-state index contributed by atoms with van der Waals surface area (Å²) in [6.07, 6.45) is 9.38. The van der Waals surface area contributed by atoms with Crippen LogP contribution in [-0.2, 0) is 13.1 Å². The maximum Gasteiger partial charge on any atom is 0.0948 e. The van der Waals surface area contributed by atoms with Crippen LogP contribution in [0.3, 0.4) is 0 Å². The van der Waals surface area contributed by atoms with Crippen molar-refractivity contribution in [2.45, 2.75) is 45.7 Å². The molecule has 0 atom stereocenters. The second-order valence-corrected chi connectivity index (χ2v) is 4.51. The van der Waals surface area contributed by atoms with Gasteiger partial charge in [-0.25, -0.2) is 4.98 Å². The Morgan fingerprint density at radius 3 is 3.07 bits per heavy atom. The quantitative estimate of drug-likeness (QED) is 0.725. The van der Waals surface area contributed by atoms with Gasteiger partial charge in [-0.2, -0.15) is 0 Å². The van der Waals surface area contributed by atoms with Gasteiger partial charge in [0.2, 0.25) is 0 Å². The van der Waals surface area contributed by atoms with Crippen molar-refractivity contribution in [3.05, 3.63) is 18.2 Å². The number of hydrogen-bond acceptors (Lipinski definition) is 2. The molecule has 0 unspecified atom stereocenters. The van der Waals surface area contributed by atoms with E-state index in [1.165, 1.54) is 37.9 Å². The van der Waals surface area contributed by atoms with Crippen LogP contribution in [0.2, 0.25) is 0 Å². The summed E-state index contributed by atoms with van der Waals surface area (Å²) in [5.41, 5.74) is 1.33. The predicted molar refractivity (Wildman–Crippen MR) is 61.6 cm³/mol. The van der Waals surface area contributed by atoms with Crippen LogP contribution in [0.25, 0.3) is 0 Å². The number of imidazole rings is 1. The fraction of sp³-hybridized carbons (Fsp3) is 0.750. The second-order valence-electron chi connectivity index (χ2n) is 4.51. The zero-order valence-corrected chi connectivity index (χ0v) is 9.58. The zero-order chi connectivity index (χ0) is 10.5. The van der Waals surface area contributed by atoms with Crippen LogP contribution in [0.1, 0.15) is 38.3 Å². The summed E-state index contributed by atoms with van der Waals surface area (Å²) in [5, 5.41) is 3.43. The molecule has 0 bridgehead atoms. The summed E-state index contributed by atoms with van der Waals surface area (Å²) in [7, 11) is 0. The molecule has 1 saturated carbocycles. The highest BCUT2D eigenvalue weighted by atomic mass is 15.1. The molecule has 1 aliphatic rings. The molecule has 1 aromatic heterocycles. The highest BCUT2D eigenvalue weighted by Gasteiger charge is 2.18. The molecule has 2 rings (SSSR count). The first kappa shape index (κ1) is 10.7. The lowest BCUT2D eigenvalue weighted by molar-refractivity contribution is 0.273. The molecule has 1 N–H and O–H groups in total. The number of hydrogen-bond donors (Lipinski definition) is 1. The number of nitrogens with zero attached hydrogens (tertiary/aromatic N) is 2. The van der Waals surface area contributed by atoms with Crippen molar-refractivity contribution in [1.29, 1.82) is 0 Å². The van der Waals surface area contributed by atoms with Crippen LogP contribution in [0.5, 0.6) is 0 Å². The lowest BCUT2D eigenvalue weighted by Gasteiger charge is -2.26. The number of nitrogens with one attached hydrogen (secondary N) is 1. The highest BCUT2D eigenvalue weighted by Crippen LogP contribution is 2.28. The number of aromatic nitrogens is 2. The largest absolute Gasteiger partial charge is 0.333 e. The van der Waals surface area contributed by atoms with Crippen molar-refractivity contribution in [3.63, 3.8) is 0 Å². The molecule has 0 spiro atoms. The molecule has 0 saturated heterocycles. The SMILES string of the molecule is CCCNCc1cncn1CC1CCC1. The molecule has 1 heterocycles. The third kappa shape index (κ3) is 2.81. The van der Waals surface area contributed by atoms with Gasteiger partial charge in [-0.05, 0) is 31.7 Å². The van der Waals surface area contributed by atoms with E-state index in [1.807, 2.05) is 12.5 Å². The van der Waals surface area contributed by atoms with Gasteiger partial charge in [0.05, 0.1) is 12.0 Å². The summed E-state index contributed by atoms with van der Waals surface area (Å²) in [6, 6.07) is 0. The van der Waals surface area contributed by atoms with E-state index in [9.17, 15) is 0 Å². The Hall–Kier alpha value is -0.830. The Labute approximate surface area is 91.9 Å². The Balaban J connectivity index is 1.83. The molecular formula is C12H21N3. The van der Waals surface area contributed by atoms with E-state index in [1.54, 1.807) is 0 Å². The lowest BCUT2D eigenvalue weighted by Crippen LogP contribution is -2.21. The smallest absolute Gasteiger partial charge is 0.0948 e. The Morgan fingerprint density at radius 1 is 1.53 bits per heavy atom. The predicted octanol–water partition coefficient (Wildman–Crippen LogP) is 2.18. The molecule has 84 valence electrons. The molecule has 3 nitrogen and oxygen atoms in total. The maximum absolute atomic E-state index is 4.24. The van der Waals surface area contributed by atoms with Crippen molar-refractivity contribution in [3.8, 4) is 0 Å². The van der Waals surface area contributed by atoms with Gasteiger partial charge < -0.3 is 9.88 Å². The normalized spacial score (nSPS) is 16.6. The molecule has 3 heteroatoms. The molecule has 0 amide bonds. The van der Waals surface area contributed by atoms with E-state index in [2.05, 4.69) is 21.8 Å². The van der Waals surface area contributed by atoms with Crippen molar-refractivity contribution in [2.75, 3.05) is 6.54 Å². The second kappa shape index (κ2) is 5.31. The highest BCUT2D eigenvalue weighted by molar-refractivity contribution is 4.98. The van der Waals surface area contributed by atoms with Crippen LogP contribution in [0.4, 0.5) is 0 Å². The van der Waals surface area contributed by atoms with Gasteiger partial charge in [0.15, 0.2) is 0 Å². The fourth-order valence-electron chi connectivity index (χ4n) is 2.01. The minimum Gasteiger partial charge on any atom is -0.333 e. The average molecular weight is 207 g/mol. The van der Waals surface area contributed by atoms with E-state index in [0.717, 1.165) is 19.0 Å². The van der Waals surface area contributed by atoms with E-state index < -0.39 is 0 Å². The van der Waals surface area contributed by atoms with Crippen LogP contribution in [-0.4, -0.2) is 16.1 Å². The summed E-state index contributed by atoms with van der Waals surface area (Å²) in [6.45, 7) is 5.41. The van der Waals surface area contributed by atoms with Gasteiger partial charge >= 0.3 is 0 Å². The first-order valence-corrected chi connectivity index (χ1v) is 6.10. The molecule has 0 radical (unpaired) electrons. The van der Waals surface area contributed by atoms with Gasteiger partial charge in [0, 0.05) is 19.3 Å². The van der Waals surface area contributed by atoms with E-state index in [4.69, 9.17) is 0 Å². The Kier molecular flexibility index (Phi) is 3.78. The van der Waals surface area contributed by atoms with Crippen LogP contribution < -0.4 is 5.32 Å². The van der Waals surface area contributed by atoms with Crippen LogP contribution in [0, 0.1) is 5.92 Å². The summed E-state index contributed by atoms with van der Waals surface area (Å²) in [5.74, 6) is 0.907. The van der Waals surface area contributed by atoms with E-state index in [-0.39, 0.29) is 0 Å². The van der Waals surface area contributed by atoms with Crippen LogP contribution in [0.15, 0.2) is 12.5 Å². The summed E-state index contributed by atoms with van der Waals surface area (Å²) >= 11 is 0. The summed E-state index contributed by atoms with van der Waals surface area (Å²) in [4.78, 5) is 4.24. The Morgan fingerprint density at radius 2 is 2.40 bits per heavy atom.